The number of anilines is 1. The zero-order valence-electron chi connectivity index (χ0n) is 20.7. The summed E-state index contributed by atoms with van der Waals surface area (Å²) in [6.45, 7) is 9.91. The van der Waals surface area contributed by atoms with E-state index in [-0.39, 0.29) is 29.8 Å². The molecule has 2 aliphatic rings. The Balaban J connectivity index is 1.28. The van der Waals surface area contributed by atoms with Crippen molar-refractivity contribution in [3.63, 3.8) is 0 Å². The van der Waals surface area contributed by atoms with E-state index in [1.807, 2.05) is 19.1 Å². The summed E-state index contributed by atoms with van der Waals surface area (Å²) in [5.41, 5.74) is 2.09. The third kappa shape index (κ3) is 9.16. The quantitative estimate of drug-likeness (QED) is 0.486. The molecule has 2 unspecified atom stereocenters. The van der Waals surface area contributed by atoms with Gasteiger partial charge >= 0.3 is 0 Å². The van der Waals surface area contributed by atoms with Crippen molar-refractivity contribution in [1.82, 2.24) is 15.1 Å². The Kier molecular flexibility index (Phi) is 10.5. The van der Waals surface area contributed by atoms with Crippen LogP contribution in [0.4, 0.5) is 5.69 Å². The molecule has 2 heterocycles. The highest BCUT2D eigenvalue weighted by molar-refractivity contribution is 5.88. The maximum Gasteiger partial charge on any atom is 0.221 e. The van der Waals surface area contributed by atoms with Crippen LogP contribution in [0.1, 0.15) is 57.9 Å². The van der Waals surface area contributed by atoms with Gasteiger partial charge in [-0.1, -0.05) is 19.1 Å². The molecule has 2 N–H and O–H groups in total. The van der Waals surface area contributed by atoms with E-state index >= 15 is 0 Å². The molecule has 8 heteroatoms. The molecule has 0 bridgehead atoms. The Bertz CT molecular complexity index is 806. The number of nitrogens with one attached hydrogen (secondary N) is 2. The van der Waals surface area contributed by atoms with E-state index in [1.165, 1.54) is 12.5 Å². The molecular weight excluding hydrogens is 432 g/mol. The average molecular weight is 473 g/mol. The lowest BCUT2D eigenvalue weighted by atomic mass is 10.1. The van der Waals surface area contributed by atoms with Gasteiger partial charge in [0.1, 0.15) is 5.78 Å². The van der Waals surface area contributed by atoms with Crippen molar-refractivity contribution in [3.8, 4) is 0 Å². The molecule has 0 spiro atoms. The number of hydrogen-bond donors (Lipinski definition) is 2. The van der Waals surface area contributed by atoms with Crippen LogP contribution in [0.3, 0.4) is 0 Å². The van der Waals surface area contributed by atoms with Crippen molar-refractivity contribution in [1.29, 1.82) is 0 Å². The van der Waals surface area contributed by atoms with Gasteiger partial charge in [-0.2, -0.15) is 0 Å². The van der Waals surface area contributed by atoms with Gasteiger partial charge in [0.25, 0.3) is 0 Å². The summed E-state index contributed by atoms with van der Waals surface area (Å²) in [5.74, 6) is 0.174. The minimum Gasteiger partial charge on any atom is -0.372 e. The van der Waals surface area contributed by atoms with Crippen LogP contribution in [-0.2, 0) is 25.7 Å². The van der Waals surface area contributed by atoms with E-state index in [0.29, 0.717) is 32.2 Å². The normalized spacial score (nSPS) is 21.4. The second kappa shape index (κ2) is 13.6. The summed E-state index contributed by atoms with van der Waals surface area (Å²) >= 11 is 0. The molecule has 1 aromatic rings. The molecule has 0 saturated carbocycles. The van der Waals surface area contributed by atoms with Gasteiger partial charge in [-0.25, -0.2) is 0 Å². The first-order valence-corrected chi connectivity index (χ1v) is 12.7. The molecular formula is C26H40N4O4. The lowest BCUT2D eigenvalue weighted by Gasteiger charge is -2.35. The van der Waals surface area contributed by atoms with E-state index in [2.05, 4.69) is 32.6 Å². The van der Waals surface area contributed by atoms with Gasteiger partial charge in [0.15, 0.2) is 0 Å². The Morgan fingerprint density at radius 1 is 0.971 bits per heavy atom. The van der Waals surface area contributed by atoms with Crippen LogP contribution in [0, 0.1) is 0 Å². The van der Waals surface area contributed by atoms with Crippen molar-refractivity contribution in [2.75, 3.05) is 44.6 Å². The van der Waals surface area contributed by atoms with Crippen LogP contribution in [-0.4, -0.2) is 78.9 Å². The summed E-state index contributed by atoms with van der Waals surface area (Å²) in [7, 11) is 0. The minimum atomic E-state index is -0.0530. The molecule has 0 aromatic heterocycles. The van der Waals surface area contributed by atoms with Crippen molar-refractivity contribution in [2.45, 2.75) is 71.1 Å². The highest BCUT2D eigenvalue weighted by Gasteiger charge is 2.28. The minimum absolute atomic E-state index is 0.0110. The van der Waals surface area contributed by atoms with Gasteiger partial charge in [-0.3, -0.25) is 24.2 Å². The predicted octanol–water partition coefficient (Wildman–Crippen LogP) is 2.58. The number of carbonyl (C=O) groups excluding carboxylic acids is 3. The summed E-state index contributed by atoms with van der Waals surface area (Å²) in [4.78, 5) is 39.4. The van der Waals surface area contributed by atoms with Crippen molar-refractivity contribution < 1.29 is 19.1 Å². The Morgan fingerprint density at radius 2 is 1.65 bits per heavy atom. The first-order chi connectivity index (χ1) is 16.4. The first kappa shape index (κ1) is 26.3. The van der Waals surface area contributed by atoms with Crippen molar-refractivity contribution in [3.05, 3.63) is 29.8 Å². The van der Waals surface area contributed by atoms with Gasteiger partial charge in [0.2, 0.25) is 11.8 Å². The molecule has 0 radical (unpaired) electrons. The molecule has 188 valence electrons. The van der Waals surface area contributed by atoms with Crippen LogP contribution in [0.2, 0.25) is 0 Å². The summed E-state index contributed by atoms with van der Waals surface area (Å²) in [5, 5.41) is 5.77. The van der Waals surface area contributed by atoms with E-state index in [1.54, 1.807) is 0 Å². The Labute approximate surface area is 203 Å². The third-order valence-electron chi connectivity index (χ3n) is 6.58. The number of piperazine rings is 1. The molecule has 3 rings (SSSR count). The lowest BCUT2D eigenvalue weighted by Crippen LogP contribution is -2.48. The molecule has 2 atom stereocenters. The molecule has 0 aliphatic carbocycles. The third-order valence-corrected chi connectivity index (χ3v) is 6.58. The van der Waals surface area contributed by atoms with Crippen LogP contribution >= 0.6 is 0 Å². The largest absolute Gasteiger partial charge is 0.372 e. The smallest absolute Gasteiger partial charge is 0.221 e. The fraction of sp³-hybridized carbons (Fsp3) is 0.654. The molecule has 34 heavy (non-hydrogen) atoms. The van der Waals surface area contributed by atoms with E-state index < -0.39 is 0 Å². The maximum absolute atomic E-state index is 12.0. The first-order valence-electron chi connectivity index (χ1n) is 12.7. The number of ether oxygens (including phenoxy) is 1. The number of Topliss-reactive ketones (excluding diaryl/α,β-unsaturated/α-hetero) is 1. The molecule has 2 fully saturated rings. The van der Waals surface area contributed by atoms with Crippen LogP contribution in [0.15, 0.2) is 24.3 Å². The molecule has 8 nitrogen and oxygen atoms in total. The zero-order chi connectivity index (χ0) is 24.3. The van der Waals surface area contributed by atoms with Gasteiger partial charge in [0, 0.05) is 77.7 Å². The summed E-state index contributed by atoms with van der Waals surface area (Å²) < 4.78 is 6.18. The fourth-order valence-electron chi connectivity index (χ4n) is 4.58. The van der Waals surface area contributed by atoms with Gasteiger partial charge < -0.3 is 15.4 Å². The maximum atomic E-state index is 12.0. The van der Waals surface area contributed by atoms with Crippen molar-refractivity contribution >= 4 is 23.3 Å². The SMILES string of the molecule is CCC(=O)CCCC(=O)NCC1CCC(CN2CCN(Cc3ccc(NC(C)=O)cc3)CC2)O1. The number of benzene rings is 1. The number of nitrogens with zero attached hydrogens (tertiary/aromatic N) is 2. The highest BCUT2D eigenvalue weighted by atomic mass is 16.5. The Morgan fingerprint density at radius 3 is 2.32 bits per heavy atom. The van der Waals surface area contributed by atoms with E-state index in [9.17, 15) is 14.4 Å². The Hall–Kier alpha value is -2.29. The van der Waals surface area contributed by atoms with E-state index in [4.69, 9.17) is 4.74 Å². The number of carbonyl (C=O) groups is 3. The molecule has 2 aliphatic heterocycles. The lowest BCUT2D eigenvalue weighted by molar-refractivity contribution is -0.122. The van der Waals surface area contributed by atoms with Crippen LogP contribution in [0.25, 0.3) is 0 Å². The van der Waals surface area contributed by atoms with Crippen LogP contribution in [0.5, 0.6) is 0 Å². The number of rotatable bonds is 12. The van der Waals surface area contributed by atoms with Gasteiger partial charge in [-0.05, 0) is 37.0 Å². The monoisotopic (exact) mass is 472 g/mol. The standard InChI is InChI=1S/C26H40N4O4/c1-3-23(32)5-4-6-26(33)27-17-24-11-12-25(34-24)19-30-15-13-29(14-16-30)18-21-7-9-22(10-8-21)28-20(2)31/h7-10,24-25H,3-6,11-19H2,1-2H3,(H,27,33)(H,28,31). The summed E-state index contributed by atoms with van der Waals surface area (Å²) in [6.07, 6.45) is 4.41. The molecule has 2 amide bonds. The zero-order valence-corrected chi connectivity index (χ0v) is 20.7. The topological polar surface area (TPSA) is 91.0 Å². The van der Waals surface area contributed by atoms with Gasteiger partial charge in [0.05, 0.1) is 12.2 Å². The second-order valence-corrected chi connectivity index (χ2v) is 9.46. The van der Waals surface area contributed by atoms with Crippen molar-refractivity contribution in [2.24, 2.45) is 0 Å². The number of amides is 2. The molecule has 1 aromatic carbocycles. The highest BCUT2D eigenvalue weighted by Crippen LogP contribution is 2.21. The van der Waals surface area contributed by atoms with Gasteiger partial charge in [-0.15, -0.1) is 0 Å². The average Bonchev–Trinajstić information content (AvgIpc) is 3.27. The van der Waals surface area contributed by atoms with Crippen LogP contribution < -0.4 is 10.6 Å². The van der Waals surface area contributed by atoms with E-state index in [0.717, 1.165) is 57.8 Å². The predicted molar refractivity (Wildman–Crippen MR) is 133 cm³/mol. The molecule has 2 saturated heterocycles. The second-order valence-electron chi connectivity index (χ2n) is 9.46. The fourth-order valence-corrected chi connectivity index (χ4v) is 4.58. The number of hydrogen-bond acceptors (Lipinski definition) is 6. The summed E-state index contributed by atoms with van der Waals surface area (Å²) in [6, 6.07) is 8.06. The number of ketones is 1.